The smallest absolute Gasteiger partial charge is 0.347 e. The maximum atomic E-state index is 12.4. The zero-order valence-corrected chi connectivity index (χ0v) is 14.3. The maximum absolute atomic E-state index is 12.4. The van der Waals surface area contributed by atoms with E-state index >= 15 is 0 Å². The zero-order chi connectivity index (χ0) is 15.8. The molecule has 21 heavy (non-hydrogen) atoms. The average Bonchev–Trinajstić information content (AvgIpc) is 2.76. The maximum Gasteiger partial charge on any atom is 0.347 e. The topological polar surface area (TPSA) is 96.4 Å². The Morgan fingerprint density at radius 3 is 2.62 bits per heavy atom. The van der Waals surface area contributed by atoms with Crippen LogP contribution in [0.4, 0.5) is 5.82 Å². The van der Waals surface area contributed by atoms with Crippen LogP contribution >= 0.6 is 27.3 Å². The molecule has 0 fully saturated rings. The van der Waals surface area contributed by atoms with E-state index in [1.807, 2.05) is 0 Å². The molecular formula is C12H11BrN2O4S2. The van der Waals surface area contributed by atoms with Gasteiger partial charge >= 0.3 is 5.97 Å². The SMILES string of the molecule is Cc1cc(Br)cnc1NS(=O)(=O)c1c(C)csc1C(=O)O. The number of anilines is 1. The predicted octanol–water partition coefficient (Wildman–Crippen LogP) is 3.02. The summed E-state index contributed by atoms with van der Waals surface area (Å²) in [6, 6.07) is 1.71. The van der Waals surface area contributed by atoms with Crippen LogP contribution in [0, 0.1) is 13.8 Å². The van der Waals surface area contributed by atoms with Crippen molar-refractivity contribution < 1.29 is 18.3 Å². The van der Waals surface area contributed by atoms with Crippen molar-refractivity contribution in [1.29, 1.82) is 0 Å². The van der Waals surface area contributed by atoms with Crippen molar-refractivity contribution in [1.82, 2.24) is 4.98 Å². The van der Waals surface area contributed by atoms with Gasteiger partial charge in [0.05, 0.1) is 0 Å². The summed E-state index contributed by atoms with van der Waals surface area (Å²) >= 11 is 4.12. The van der Waals surface area contributed by atoms with Crippen molar-refractivity contribution >= 4 is 49.1 Å². The van der Waals surface area contributed by atoms with Gasteiger partial charge in [0.1, 0.15) is 15.6 Å². The van der Waals surface area contributed by atoms with Crippen LogP contribution in [0.2, 0.25) is 0 Å². The summed E-state index contributed by atoms with van der Waals surface area (Å²) in [6.45, 7) is 3.26. The molecule has 0 saturated heterocycles. The molecule has 2 N–H and O–H groups in total. The lowest BCUT2D eigenvalue weighted by molar-refractivity contribution is 0.0698. The molecule has 0 aromatic carbocycles. The molecule has 0 radical (unpaired) electrons. The van der Waals surface area contributed by atoms with E-state index in [0.717, 1.165) is 15.8 Å². The summed E-state index contributed by atoms with van der Waals surface area (Å²) in [5, 5.41) is 10.6. The van der Waals surface area contributed by atoms with Crippen molar-refractivity contribution in [3.05, 3.63) is 38.1 Å². The van der Waals surface area contributed by atoms with Gasteiger partial charge in [0.25, 0.3) is 10.0 Å². The van der Waals surface area contributed by atoms with Crippen molar-refractivity contribution in [2.45, 2.75) is 18.7 Å². The highest BCUT2D eigenvalue weighted by Gasteiger charge is 2.27. The number of carboxylic acid groups (broad SMARTS) is 1. The minimum absolute atomic E-state index is 0.167. The van der Waals surface area contributed by atoms with E-state index in [1.165, 1.54) is 11.6 Å². The molecule has 0 aliphatic heterocycles. The van der Waals surface area contributed by atoms with E-state index in [4.69, 9.17) is 5.11 Å². The summed E-state index contributed by atoms with van der Waals surface area (Å²) in [7, 11) is -4.01. The second kappa shape index (κ2) is 5.74. The largest absolute Gasteiger partial charge is 0.477 e. The van der Waals surface area contributed by atoms with Gasteiger partial charge in [0.15, 0.2) is 0 Å². The molecule has 0 aliphatic carbocycles. The van der Waals surface area contributed by atoms with E-state index in [-0.39, 0.29) is 15.6 Å². The van der Waals surface area contributed by atoms with Gasteiger partial charge in [-0.15, -0.1) is 11.3 Å². The van der Waals surface area contributed by atoms with Crippen LogP contribution in [0.1, 0.15) is 20.8 Å². The van der Waals surface area contributed by atoms with Crippen LogP contribution < -0.4 is 4.72 Å². The molecule has 2 aromatic heterocycles. The summed E-state index contributed by atoms with van der Waals surface area (Å²) in [4.78, 5) is 14.7. The molecule has 0 aliphatic rings. The number of sulfonamides is 1. The Morgan fingerprint density at radius 2 is 2.05 bits per heavy atom. The first-order valence-electron chi connectivity index (χ1n) is 5.68. The van der Waals surface area contributed by atoms with E-state index < -0.39 is 16.0 Å². The Bertz CT molecular complexity index is 815. The minimum Gasteiger partial charge on any atom is -0.477 e. The number of hydrogen-bond acceptors (Lipinski definition) is 5. The molecule has 2 heterocycles. The molecule has 9 heteroatoms. The molecule has 0 bridgehead atoms. The lowest BCUT2D eigenvalue weighted by Gasteiger charge is -2.10. The molecule has 112 valence electrons. The summed E-state index contributed by atoms with van der Waals surface area (Å²) < 4.78 is 27.9. The number of nitrogens with zero attached hydrogens (tertiary/aromatic N) is 1. The molecular weight excluding hydrogens is 380 g/mol. The van der Waals surface area contributed by atoms with Crippen molar-refractivity contribution in [2.75, 3.05) is 4.72 Å². The second-order valence-corrected chi connectivity index (χ2v) is 7.72. The molecule has 0 atom stereocenters. The average molecular weight is 391 g/mol. The Balaban J connectivity index is 2.48. The highest BCUT2D eigenvalue weighted by Crippen LogP contribution is 2.29. The molecule has 0 amide bonds. The van der Waals surface area contributed by atoms with Crippen molar-refractivity contribution in [3.63, 3.8) is 0 Å². The fraction of sp³-hybridized carbons (Fsp3) is 0.167. The number of pyridine rings is 1. The number of thiophene rings is 1. The van der Waals surface area contributed by atoms with Crippen LogP contribution in [-0.4, -0.2) is 24.5 Å². The molecule has 0 unspecified atom stereocenters. The van der Waals surface area contributed by atoms with E-state index in [9.17, 15) is 13.2 Å². The van der Waals surface area contributed by atoms with Gasteiger partial charge in [-0.2, -0.15) is 0 Å². The van der Waals surface area contributed by atoms with Gasteiger partial charge in [0, 0.05) is 10.7 Å². The lowest BCUT2D eigenvalue weighted by atomic mass is 10.3. The third kappa shape index (κ3) is 3.25. The van der Waals surface area contributed by atoms with Crippen LogP contribution in [0.25, 0.3) is 0 Å². The number of nitrogens with one attached hydrogen (secondary N) is 1. The summed E-state index contributed by atoms with van der Waals surface area (Å²) in [6.07, 6.45) is 1.46. The first-order chi connectivity index (χ1) is 9.72. The number of aromatic carboxylic acids is 1. The molecule has 6 nitrogen and oxygen atoms in total. The van der Waals surface area contributed by atoms with Gasteiger partial charge in [0.2, 0.25) is 0 Å². The highest BCUT2D eigenvalue weighted by atomic mass is 79.9. The lowest BCUT2D eigenvalue weighted by Crippen LogP contribution is -2.17. The Labute approximate surface area is 134 Å². The number of hydrogen-bond donors (Lipinski definition) is 2. The van der Waals surface area contributed by atoms with Gasteiger partial charge in [-0.05, 0) is 52.4 Å². The number of rotatable bonds is 4. The summed E-state index contributed by atoms with van der Waals surface area (Å²) in [5.74, 6) is -1.10. The van der Waals surface area contributed by atoms with Crippen molar-refractivity contribution in [2.24, 2.45) is 0 Å². The number of carboxylic acids is 1. The number of aryl methyl sites for hydroxylation is 2. The number of carbonyl (C=O) groups is 1. The third-order valence-electron chi connectivity index (χ3n) is 2.66. The van der Waals surface area contributed by atoms with Crippen LogP contribution in [-0.2, 0) is 10.0 Å². The Kier molecular flexibility index (Phi) is 4.35. The minimum atomic E-state index is -4.01. The first-order valence-corrected chi connectivity index (χ1v) is 8.84. The van der Waals surface area contributed by atoms with Crippen molar-refractivity contribution in [3.8, 4) is 0 Å². The van der Waals surface area contributed by atoms with Gasteiger partial charge in [-0.3, -0.25) is 4.72 Å². The van der Waals surface area contributed by atoms with E-state index in [1.54, 1.807) is 19.9 Å². The molecule has 2 aromatic rings. The molecule has 0 saturated carbocycles. The van der Waals surface area contributed by atoms with Crippen LogP contribution in [0.3, 0.4) is 0 Å². The zero-order valence-electron chi connectivity index (χ0n) is 11.0. The Hall–Kier alpha value is -1.45. The monoisotopic (exact) mass is 390 g/mol. The Morgan fingerprint density at radius 1 is 1.38 bits per heavy atom. The molecule has 0 spiro atoms. The standard InChI is InChI=1S/C12H11BrN2O4S2/c1-6-3-8(13)4-14-11(6)15-21(18,19)10-7(2)5-20-9(10)12(16)17/h3-5H,1-2H3,(H,14,15)(H,16,17). The molecule has 2 rings (SSSR count). The quantitative estimate of drug-likeness (QED) is 0.835. The van der Waals surface area contributed by atoms with Gasteiger partial charge in [-0.25, -0.2) is 18.2 Å². The third-order valence-corrected chi connectivity index (χ3v) is 5.83. The second-order valence-electron chi connectivity index (χ2n) is 4.31. The predicted molar refractivity (Wildman–Crippen MR) is 83.5 cm³/mol. The van der Waals surface area contributed by atoms with Gasteiger partial charge < -0.3 is 5.11 Å². The first kappa shape index (κ1) is 15.9. The highest BCUT2D eigenvalue weighted by molar-refractivity contribution is 9.10. The normalized spacial score (nSPS) is 11.4. The van der Waals surface area contributed by atoms with Crippen LogP contribution in [0.15, 0.2) is 27.0 Å². The number of halogens is 1. The fourth-order valence-corrected chi connectivity index (χ4v) is 4.90. The van der Waals surface area contributed by atoms with E-state index in [0.29, 0.717) is 11.1 Å². The summed E-state index contributed by atoms with van der Waals surface area (Å²) in [5.41, 5.74) is 1.01. The van der Waals surface area contributed by atoms with Crippen LogP contribution in [0.5, 0.6) is 0 Å². The fourth-order valence-electron chi connectivity index (χ4n) is 1.74. The van der Waals surface area contributed by atoms with Gasteiger partial charge in [-0.1, -0.05) is 0 Å². The van der Waals surface area contributed by atoms with E-state index in [2.05, 4.69) is 25.6 Å². The number of aromatic nitrogens is 1.